The topological polar surface area (TPSA) is 89.1 Å². The van der Waals surface area contributed by atoms with Gasteiger partial charge in [0, 0.05) is 5.69 Å². The Morgan fingerprint density at radius 2 is 1.79 bits per heavy atom. The van der Waals surface area contributed by atoms with Gasteiger partial charge in [0.1, 0.15) is 11.5 Å². The Hall–Kier alpha value is -2.00. The zero-order valence-corrected chi connectivity index (χ0v) is 15.9. The van der Waals surface area contributed by atoms with Gasteiger partial charge in [-0.1, -0.05) is 12.1 Å². The number of aliphatic imine (C=N–C) groups is 1. The van der Waals surface area contributed by atoms with Gasteiger partial charge >= 0.3 is 0 Å². The lowest BCUT2D eigenvalue weighted by atomic mass is 10.1. The summed E-state index contributed by atoms with van der Waals surface area (Å²) in [6.07, 6.45) is -0.749. The highest BCUT2D eigenvalue weighted by atomic mass is 127. The highest BCUT2D eigenvalue weighted by molar-refractivity contribution is 14.0. The van der Waals surface area contributed by atoms with E-state index in [1.54, 1.807) is 20.3 Å². The molecule has 0 saturated carbocycles. The van der Waals surface area contributed by atoms with Crippen LogP contribution < -0.4 is 20.5 Å². The number of hydrogen-bond acceptors (Lipinski definition) is 4. The first-order chi connectivity index (χ1) is 11.1. The van der Waals surface area contributed by atoms with Gasteiger partial charge in [-0.2, -0.15) is 0 Å². The van der Waals surface area contributed by atoms with E-state index in [1.165, 1.54) is 0 Å². The van der Waals surface area contributed by atoms with Gasteiger partial charge < -0.3 is 25.6 Å². The van der Waals surface area contributed by atoms with Crippen LogP contribution in [0.1, 0.15) is 11.7 Å². The number of hydrogen-bond donors (Lipinski definition) is 3. The summed E-state index contributed by atoms with van der Waals surface area (Å²) in [5, 5.41) is 13.1. The summed E-state index contributed by atoms with van der Waals surface area (Å²) < 4.78 is 10.2. The first kappa shape index (κ1) is 20.0. The number of anilines is 1. The minimum atomic E-state index is -0.749. The number of rotatable bonds is 6. The molecule has 24 heavy (non-hydrogen) atoms. The molecule has 2 aromatic carbocycles. The Kier molecular flexibility index (Phi) is 8.34. The van der Waals surface area contributed by atoms with Crippen molar-refractivity contribution in [3.8, 4) is 11.5 Å². The second-order valence-electron chi connectivity index (χ2n) is 4.87. The van der Waals surface area contributed by atoms with Gasteiger partial charge in [0.2, 0.25) is 0 Å². The van der Waals surface area contributed by atoms with Crippen LogP contribution >= 0.6 is 24.0 Å². The quantitative estimate of drug-likeness (QED) is 0.363. The summed E-state index contributed by atoms with van der Waals surface area (Å²) in [7, 11) is 3.19. The zero-order chi connectivity index (χ0) is 16.7. The maximum absolute atomic E-state index is 10.2. The molecule has 0 aromatic heterocycles. The Balaban J connectivity index is 0.00000288. The number of guanidine groups is 1. The van der Waals surface area contributed by atoms with Crippen molar-refractivity contribution < 1.29 is 14.6 Å². The number of benzene rings is 2. The van der Waals surface area contributed by atoms with E-state index in [9.17, 15) is 5.11 Å². The summed E-state index contributed by atoms with van der Waals surface area (Å²) in [5.74, 6) is 1.69. The van der Waals surface area contributed by atoms with Crippen molar-refractivity contribution in [3.63, 3.8) is 0 Å². The average molecular weight is 443 g/mol. The lowest BCUT2D eigenvalue weighted by molar-refractivity contribution is 0.187. The lowest BCUT2D eigenvalue weighted by Crippen LogP contribution is -2.23. The van der Waals surface area contributed by atoms with E-state index < -0.39 is 6.10 Å². The van der Waals surface area contributed by atoms with Gasteiger partial charge in [-0.3, -0.25) is 4.99 Å². The van der Waals surface area contributed by atoms with Crippen molar-refractivity contribution in [2.75, 3.05) is 26.1 Å². The number of nitrogens with two attached hydrogens (primary N) is 1. The average Bonchev–Trinajstić information content (AvgIpc) is 2.60. The molecular formula is C17H22IN3O3. The normalized spacial score (nSPS) is 12.0. The Morgan fingerprint density at radius 1 is 1.12 bits per heavy atom. The van der Waals surface area contributed by atoms with Gasteiger partial charge in [-0.25, -0.2) is 0 Å². The van der Waals surface area contributed by atoms with Gasteiger partial charge in [0.05, 0.1) is 26.9 Å². The molecule has 0 amide bonds. The molecule has 0 saturated heterocycles. The van der Waals surface area contributed by atoms with Crippen molar-refractivity contribution in [3.05, 3.63) is 54.1 Å². The third-order valence-corrected chi connectivity index (χ3v) is 3.28. The standard InChI is InChI=1S/C17H21N3O3.HI/c1-22-14-8-6-13(7-9-14)20-17(18)19-11-16(21)12-4-3-5-15(10-12)23-2;/h3-10,16,21H,11H2,1-2H3,(H3,18,19,20);1H. The van der Waals surface area contributed by atoms with E-state index in [0.717, 1.165) is 17.0 Å². The molecule has 4 N–H and O–H groups in total. The fourth-order valence-corrected chi connectivity index (χ4v) is 2.00. The van der Waals surface area contributed by atoms with Gasteiger partial charge in [-0.05, 0) is 42.0 Å². The number of aliphatic hydroxyl groups is 1. The van der Waals surface area contributed by atoms with Crippen LogP contribution in [0.5, 0.6) is 11.5 Å². The van der Waals surface area contributed by atoms with Crippen molar-refractivity contribution in [1.82, 2.24) is 0 Å². The van der Waals surface area contributed by atoms with Gasteiger partial charge in [-0.15, -0.1) is 24.0 Å². The van der Waals surface area contributed by atoms with Crippen LogP contribution in [0.15, 0.2) is 53.5 Å². The van der Waals surface area contributed by atoms with Gasteiger partial charge in [0.15, 0.2) is 5.96 Å². The summed E-state index contributed by atoms with van der Waals surface area (Å²) in [6, 6.07) is 14.5. The molecule has 2 rings (SSSR count). The van der Waals surface area contributed by atoms with Crippen LogP contribution in [-0.4, -0.2) is 31.8 Å². The van der Waals surface area contributed by atoms with Crippen molar-refractivity contribution in [1.29, 1.82) is 0 Å². The molecule has 0 radical (unpaired) electrons. The largest absolute Gasteiger partial charge is 0.497 e. The fraction of sp³-hybridized carbons (Fsp3) is 0.235. The molecule has 2 aromatic rings. The van der Waals surface area contributed by atoms with E-state index >= 15 is 0 Å². The molecule has 0 aliphatic heterocycles. The lowest BCUT2D eigenvalue weighted by Gasteiger charge is -2.11. The molecule has 0 fully saturated rings. The molecule has 0 aliphatic rings. The summed E-state index contributed by atoms with van der Waals surface area (Å²) in [4.78, 5) is 4.16. The number of nitrogens with zero attached hydrogens (tertiary/aromatic N) is 1. The van der Waals surface area contributed by atoms with Crippen molar-refractivity contribution in [2.24, 2.45) is 10.7 Å². The molecule has 6 nitrogen and oxygen atoms in total. The van der Waals surface area contributed by atoms with Crippen LogP contribution in [0, 0.1) is 0 Å². The Labute approximate surface area is 158 Å². The minimum Gasteiger partial charge on any atom is -0.497 e. The van der Waals surface area contributed by atoms with Crippen LogP contribution in [0.25, 0.3) is 0 Å². The van der Waals surface area contributed by atoms with Crippen molar-refractivity contribution in [2.45, 2.75) is 6.10 Å². The molecule has 0 heterocycles. The third kappa shape index (κ3) is 5.89. The summed E-state index contributed by atoms with van der Waals surface area (Å²) >= 11 is 0. The second kappa shape index (κ2) is 9.99. The predicted molar refractivity (Wildman–Crippen MR) is 106 cm³/mol. The smallest absolute Gasteiger partial charge is 0.193 e. The number of methoxy groups -OCH3 is 2. The first-order valence-electron chi connectivity index (χ1n) is 7.15. The molecule has 0 bridgehead atoms. The molecule has 1 atom stereocenters. The SMILES string of the molecule is COc1ccc(NC(N)=NCC(O)c2cccc(OC)c2)cc1.I. The molecule has 0 aliphatic carbocycles. The van der Waals surface area contributed by atoms with Crippen LogP contribution in [0.3, 0.4) is 0 Å². The number of halogens is 1. The van der Waals surface area contributed by atoms with Crippen molar-refractivity contribution >= 4 is 35.6 Å². The maximum atomic E-state index is 10.2. The minimum absolute atomic E-state index is 0. The van der Waals surface area contributed by atoms with Gasteiger partial charge in [0.25, 0.3) is 0 Å². The summed E-state index contributed by atoms with van der Waals surface area (Å²) in [5.41, 5.74) is 7.35. The van der Waals surface area contributed by atoms with Crippen LogP contribution in [0.4, 0.5) is 5.69 Å². The monoisotopic (exact) mass is 443 g/mol. The molecule has 1 unspecified atom stereocenters. The van der Waals surface area contributed by atoms with Crippen LogP contribution in [0.2, 0.25) is 0 Å². The van der Waals surface area contributed by atoms with E-state index in [1.807, 2.05) is 42.5 Å². The number of aliphatic hydroxyl groups excluding tert-OH is 1. The third-order valence-electron chi connectivity index (χ3n) is 3.28. The van der Waals surface area contributed by atoms with Crippen LogP contribution in [-0.2, 0) is 0 Å². The number of nitrogens with one attached hydrogen (secondary N) is 1. The fourth-order valence-electron chi connectivity index (χ4n) is 2.00. The molecule has 130 valence electrons. The number of ether oxygens (including phenoxy) is 2. The Morgan fingerprint density at radius 3 is 2.42 bits per heavy atom. The summed E-state index contributed by atoms with van der Waals surface area (Å²) in [6.45, 7) is 0.155. The highest BCUT2D eigenvalue weighted by Crippen LogP contribution is 2.19. The van der Waals surface area contributed by atoms with E-state index in [0.29, 0.717) is 5.75 Å². The highest BCUT2D eigenvalue weighted by Gasteiger charge is 2.08. The molecular weight excluding hydrogens is 421 g/mol. The van der Waals surface area contributed by atoms with E-state index in [-0.39, 0.29) is 36.5 Å². The van der Waals surface area contributed by atoms with E-state index in [4.69, 9.17) is 15.2 Å². The van der Waals surface area contributed by atoms with E-state index in [2.05, 4.69) is 10.3 Å². The second-order valence-corrected chi connectivity index (χ2v) is 4.87. The molecule has 0 spiro atoms. The molecule has 7 heteroatoms. The Bertz CT molecular complexity index is 662. The maximum Gasteiger partial charge on any atom is 0.193 e. The predicted octanol–water partition coefficient (Wildman–Crippen LogP) is 2.78. The zero-order valence-electron chi connectivity index (χ0n) is 13.6. The first-order valence-corrected chi connectivity index (χ1v) is 7.15.